The number of benzene rings is 1. The zero-order valence-corrected chi connectivity index (χ0v) is 10.4. The molecule has 0 amide bonds. The van der Waals surface area contributed by atoms with Crippen LogP contribution in [0, 0.1) is 5.82 Å². The fourth-order valence-electron chi connectivity index (χ4n) is 2.11. The van der Waals surface area contributed by atoms with Gasteiger partial charge in [0.1, 0.15) is 24.1 Å². The van der Waals surface area contributed by atoms with E-state index in [-0.39, 0.29) is 12.4 Å². The Bertz CT molecular complexity index is 400. The van der Waals surface area contributed by atoms with Gasteiger partial charge in [-0.05, 0) is 17.7 Å². The molecule has 106 valence electrons. The van der Waals surface area contributed by atoms with Gasteiger partial charge in [-0.1, -0.05) is 12.1 Å². The highest BCUT2D eigenvalue weighted by Crippen LogP contribution is 2.20. The molecule has 1 heterocycles. The summed E-state index contributed by atoms with van der Waals surface area (Å²) in [5.74, 6) is -0.285. The average Bonchev–Trinajstić information content (AvgIpc) is 2.69. The van der Waals surface area contributed by atoms with Gasteiger partial charge in [-0.3, -0.25) is 0 Å². The molecule has 0 unspecified atom stereocenters. The lowest BCUT2D eigenvalue weighted by Crippen LogP contribution is -2.38. The van der Waals surface area contributed by atoms with E-state index < -0.39 is 24.4 Å². The first-order valence-corrected chi connectivity index (χ1v) is 6.19. The molecule has 4 N–H and O–H groups in total. The zero-order chi connectivity index (χ0) is 13.8. The van der Waals surface area contributed by atoms with Gasteiger partial charge < -0.3 is 25.4 Å². The van der Waals surface area contributed by atoms with Crippen molar-refractivity contribution in [1.29, 1.82) is 0 Å². The van der Waals surface area contributed by atoms with E-state index >= 15 is 0 Å². The molecule has 0 aliphatic carbocycles. The maximum atomic E-state index is 12.7. The summed E-state index contributed by atoms with van der Waals surface area (Å²) in [5.41, 5.74) is 0.910. The highest BCUT2D eigenvalue weighted by molar-refractivity contribution is 5.15. The largest absolute Gasteiger partial charge is 0.394 e. The molecule has 0 saturated carbocycles. The van der Waals surface area contributed by atoms with Crippen LogP contribution in [0.3, 0.4) is 0 Å². The first kappa shape index (κ1) is 14.4. The molecule has 2 rings (SSSR count). The maximum Gasteiger partial charge on any atom is 0.123 e. The lowest BCUT2D eigenvalue weighted by atomic mass is 10.1. The Kier molecular flexibility index (Phi) is 4.84. The van der Waals surface area contributed by atoms with E-state index in [0.29, 0.717) is 13.1 Å². The Hall–Kier alpha value is -1.05. The van der Waals surface area contributed by atoms with E-state index in [1.165, 1.54) is 12.1 Å². The van der Waals surface area contributed by atoms with Gasteiger partial charge in [-0.15, -0.1) is 0 Å². The lowest BCUT2D eigenvalue weighted by molar-refractivity contribution is -0.0213. The molecular weight excluding hydrogens is 253 g/mol. The third-order valence-corrected chi connectivity index (χ3v) is 3.23. The molecule has 19 heavy (non-hydrogen) atoms. The van der Waals surface area contributed by atoms with Crippen LogP contribution in [0.25, 0.3) is 0 Å². The number of hydrogen-bond acceptors (Lipinski definition) is 5. The molecule has 4 atom stereocenters. The highest BCUT2D eigenvalue weighted by Gasteiger charge is 2.41. The van der Waals surface area contributed by atoms with Gasteiger partial charge in [0.2, 0.25) is 0 Å². The Morgan fingerprint density at radius 2 is 1.74 bits per heavy atom. The maximum absolute atomic E-state index is 12.7. The Morgan fingerprint density at radius 3 is 2.32 bits per heavy atom. The number of rotatable bonds is 5. The topological polar surface area (TPSA) is 82.0 Å². The van der Waals surface area contributed by atoms with Crippen LogP contribution >= 0.6 is 0 Å². The van der Waals surface area contributed by atoms with Gasteiger partial charge in [-0.2, -0.15) is 0 Å². The van der Waals surface area contributed by atoms with Crippen molar-refractivity contribution in [3.63, 3.8) is 0 Å². The third-order valence-electron chi connectivity index (χ3n) is 3.23. The summed E-state index contributed by atoms with van der Waals surface area (Å²) >= 11 is 0. The molecule has 1 aliphatic rings. The first-order chi connectivity index (χ1) is 9.11. The minimum Gasteiger partial charge on any atom is -0.394 e. The van der Waals surface area contributed by atoms with Gasteiger partial charge in [0.25, 0.3) is 0 Å². The Balaban J connectivity index is 1.78. The van der Waals surface area contributed by atoms with Crippen LogP contribution in [0.5, 0.6) is 0 Å². The van der Waals surface area contributed by atoms with E-state index in [1.54, 1.807) is 12.1 Å². The van der Waals surface area contributed by atoms with Crippen molar-refractivity contribution in [3.05, 3.63) is 35.6 Å². The molecule has 6 heteroatoms. The van der Waals surface area contributed by atoms with Gasteiger partial charge in [0, 0.05) is 13.1 Å². The number of ether oxygens (including phenoxy) is 1. The zero-order valence-electron chi connectivity index (χ0n) is 10.4. The fraction of sp³-hybridized carbons (Fsp3) is 0.538. The van der Waals surface area contributed by atoms with Crippen LogP contribution in [0.15, 0.2) is 24.3 Å². The molecule has 0 bridgehead atoms. The third kappa shape index (κ3) is 3.49. The number of halogens is 1. The summed E-state index contributed by atoms with van der Waals surface area (Å²) in [7, 11) is 0. The van der Waals surface area contributed by atoms with E-state index in [1.807, 2.05) is 0 Å². The second-order valence-corrected chi connectivity index (χ2v) is 4.63. The quantitative estimate of drug-likeness (QED) is 0.575. The molecule has 5 nitrogen and oxygen atoms in total. The van der Waals surface area contributed by atoms with Gasteiger partial charge in [0.05, 0.1) is 12.7 Å². The van der Waals surface area contributed by atoms with Crippen molar-refractivity contribution >= 4 is 0 Å². The predicted octanol–water partition coefficient (Wildman–Crippen LogP) is -0.603. The number of aliphatic hydroxyl groups excluding tert-OH is 3. The number of nitrogens with one attached hydrogen (secondary N) is 1. The summed E-state index contributed by atoms with van der Waals surface area (Å²) in [6.07, 6.45) is -3.39. The molecule has 1 aliphatic heterocycles. The SMILES string of the molecule is OC[C@H]1O[C@H](CNCc2ccc(F)cc2)[C@@H](O)[C@@H]1O. The van der Waals surface area contributed by atoms with Crippen LogP contribution < -0.4 is 5.32 Å². The van der Waals surface area contributed by atoms with E-state index in [0.717, 1.165) is 5.56 Å². The number of aliphatic hydroxyl groups is 3. The van der Waals surface area contributed by atoms with Crippen molar-refractivity contribution in [2.75, 3.05) is 13.2 Å². The Labute approximate surface area is 110 Å². The van der Waals surface area contributed by atoms with E-state index in [9.17, 15) is 14.6 Å². The summed E-state index contributed by atoms with van der Waals surface area (Å²) in [5, 5.41) is 31.3. The lowest BCUT2D eigenvalue weighted by Gasteiger charge is -2.15. The highest BCUT2D eigenvalue weighted by atomic mass is 19.1. The van der Waals surface area contributed by atoms with Crippen LogP contribution in [-0.4, -0.2) is 52.9 Å². The summed E-state index contributed by atoms with van der Waals surface area (Å²) in [6, 6.07) is 6.09. The minimum absolute atomic E-state index is 0.285. The van der Waals surface area contributed by atoms with Crippen molar-refractivity contribution in [1.82, 2.24) is 5.32 Å². The molecule has 0 aromatic heterocycles. The molecule has 1 aromatic rings. The van der Waals surface area contributed by atoms with Crippen molar-refractivity contribution in [2.24, 2.45) is 0 Å². The molecule has 1 aromatic carbocycles. The molecule has 1 fully saturated rings. The first-order valence-electron chi connectivity index (χ1n) is 6.19. The average molecular weight is 271 g/mol. The monoisotopic (exact) mass is 271 g/mol. The molecule has 0 radical (unpaired) electrons. The van der Waals surface area contributed by atoms with Gasteiger partial charge >= 0.3 is 0 Å². The van der Waals surface area contributed by atoms with Crippen LogP contribution in [0.2, 0.25) is 0 Å². The second kappa shape index (κ2) is 6.40. The van der Waals surface area contributed by atoms with Gasteiger partial charge in [0.15, 0.2) is 0 Å². The fourth-order valence-corrected chi connectivity index (χ4v) is 2.11. The summed E-state index contributed by atoms with van der Waals surface area (Å²) in [6.45, 7) is 0.519. The van der Waals surface area contributed by atoms with E-state index in [2.05, 4.69) is 5.32 Å². The van der Waals surface area contributed by atoms with Gasteiger partial charge in [-0.25, -0.2) is 4.39 Å². The summed E-state index contributed by atoms with van der Waals surface area (Å²) in [4.78, 5) is 0. The number of hydrogen-bond donors (Lipinski definition) is 4. The van der Waals surface area contributed by atoms with Crippen LogP contribution in [0.4, 0.5) is 4.39 Å². The minimum atomic E-state index is -1.07. The predicted molar refractivity (Wildman–Crippen MR) is 65.9 cm³/mol. The molecule has 1 saturated heterocycles. The standard InChI is InChI=1S/C13H18FNO4/c14-9-3-1-8(2-4-9)5-15-6-10-12(17)13(18)11(7-16)19-10/h1-4,10-13,15-18H,5-7H2/t10-,11-,12-,13-/m1/s1. The Morgan fingerprint density at radius 1 is 1.11 bits per heavy atom. The van der Waals surface area contributed by atoms with Crippen molar-refractivity contribution in [3.8, 4) is 0 Å². The molecular formula is C13H18FNO4. The second-order valence-electron chi connectivity index (χ2n) is 4.63. The summed E-state index contributed by atoms with van der Waals surface area (Å²) < 4.78 is 18.0. The van der Waals surface area contributed by atoms with Crippen molar-refractivity contribution in [2.45, 2.75) is 31.0 Å². The smallest absolute Gasteiger partial charge is 0.123 e. The molecule has 0 spiro atoms. The van der Waals surface area contributed by atoms with Crippen molar-refractivity contribution < 1.29 is 24.4 Å². The normalized spacial score (nSPS) is 30.7. The van der Waals surface area contributed by atoms with Crippen LogP contribution in [0.1, 0.15) is 5.56 Å². The van der Waals surface area contributed by atoms with E-state index in [4.69, 9.17) is 9.84 Å². The van der Waals surface area contributed by atoms with Crippen LogP contribution in [-0.2, 0) is 11.3 Å².